The molecule has 1 fully saturated rings. The highest BCUT2D eigenvalue weighted by Gasteiger charge is 2.23. The average molecular weight is 239 g/mol. The Morgan fingerprint density at radius 3 is 3.00 bits per heavy atom. The largest absolute Gasteiger partial charge is 0.396 e. The molecule has 0 bridgehead atoms. The topological polar surface area (TPSA) is 40.5 Å². The zero-order valence-electron chi connectivity index (χ0n) is 9.48. The molecular weight excluding hydrogens is 222 g/mol. The molecule has 0 radical (unpaired) electrons. The maximum atomic E-state index is 11.9. The Bertz CT molecular complexity index is 375. The fourth-order valence-corrected chi connectivity index (χ4v) is 2.87. The van der Waals surface area contributed by atoms with Crippen LogP contribution in [0.15, 0.2) is 12.1 Å². The number of hydrogen-bond donors (Lipinski definition) is 1. The fraction of sp³-hybridized carbons (Fsp3) is 0.583. The lowest BCUT2D eigenvalue weighted by Gasteiger charge is -2.13. The van der Waals surface area contributed by atoms with Gasteiger partial charge in [-0.25, -0.2) is 0 Å². The fourth-order valence-electron chi connectivity index (χ4n) is 2.07. The normalized spacial score (nSPS) is 21.5. The molecular formula is C12H17NO2S. The SMILES string of the molecule is Cc1ccc(C(=O)CN2CCC(CO)C2)s1. The van der Waals surface area contributed by atoms with E-state index >= 15 is 0 Å². The Balaban J connectivity index is 1.89. The smallest absolute Gasteiger partial charge is 0.186 e. The predicted molar refractivity (Wildman–Crippen MR) is 65.0 cm³/mol. The van der Waals surface area contributed by atoms with E-state index in [9.17, 15) is 4.79 Å². The highest BCUT2D eigenvalue weighted by Crippen LogP contribution is 2.19. The highest BCUT2D eigenvalue weighted by atomic mass is 32.1. The number of carbonyl (C=O) groups excluding carboxylic acids is 1. The molecule has 2 heterocycles. The number of thiophene rings is 1. The van der Waals surface area contributed by atoms with Gasteiger partial charge in [-0.05, 0) is 37.9 Å². The second kappa shape index (κ2) is 5.08. The number of aliphatic hydroxyl groups excluding tert-OH is 1. The number of aryl methyl sites for hydroxylation is 1. The molecule has 3 nitrogen and oxygen atoms in total. The summed E-state index contributed by atoms with van der Waals surface area (Å²) in [5.41, 5.74) is 0. The standard InChI is InChI=1S/C12H17NO2S/c1-9-2-3-12(16-9)11(15)7-13-5-4-10(6-13)8-14/h2-3,10,14H,4-8H2,1H3. The molecule has 0 spiro atoms. The van der Waals surface area contributed by atoms with Crippen LogP contribution >= 0.6 is 11.3 Å². The zero-order valence-corrected chi connectivity index (χ0v) is 10.3. The summed E-state index contributed by atoms with van der Waals surface area (Å²) >= 11 is 1.56. The van der Waals surface area contributed by atoms with E-state index in [0.717, 1.165) is 24.4 Å². The summed E-state index contributed by atoms with van der Waals surface area (Å²) in [4.78, 5) is 16.1. The first-order valence-corrected chi connectivity index (χ1v) is 6.43. The van der Waals surface area contributed by atoms with Crippen LogP contribution in [-0.2, 0) is 0 Å². The van der Waals surface area contributed by atoms with Crippen molar-refractivity contribution in [1.82, 2.24) is 4.90 Å². The first-order chi connectivity index (χ1) is 7.69. The molecule has 0 aliphatic carbocycles. The van der Waals surface area contributed by atoms with Crippen LogP contribution in [0.3, 0.4) is 0 Å². The van der Waals surface area contributed by atoms with Gasteiger partial charge in [0, 0.05) is 18.0 Å². The minimum Gasteiger partial charge on any atom is -0.396 e. The predicted octanol–water partition coefficient (Wildman–Crippen LogP) is 1.55. The Hall–Kier alpha value is -0.710. The van der Waals surface area contributed by atoms with Gasteiger partial charge in [0.25, 0.3) is 0 Å². The summed E-state index contributed by atoms with van der Waals surface area (Å²) in [6.45, 7) is 4.53. The summed E-state index contributed by atoms with van der Waals surface area (Å²) < 4.78 is 0. The Kier molecular flexibility index (Phi) is 3.74. The van der Waals surface area contributed by atoms with E-state index < -0.39 is 0 Å². The second-order valence-electron chi connectivity index (χ2n) is 4.41. The van der Waals surface area contributed by atoms with Crippen LogP contribution in [0.5, 0.6) is 0 Å². The zero-order chi connectivity index (χ0) is 11.5. The minimum absolute atomic E-state index is 0.205. The second-order valence-corrected chi connectivity index (χ2v) is 5.69. The van der Waals surface area contributed by atoms with Gasteiger partial charge in [0.2, 0.25) is 0 Å². The van der Waals surface area contributed by atoms with Crippen molar-refractivity contribution >= 4 is 17.1 Å². The summed E-state index contributed by atoms with van der Waals surface area (Å²) in [6, 6.07) is 3.89. The summed E-state index contributed by atoms with van der Waals surface area (Å²) in [6.07, 6.45) is 1.01. The third-order valence-electron chi connectivity index (χ3n) is 3.01. The number of nitrogens with zero attached hydrogens (tertiary/aromatic N) is 1. The molecule has 1 unspecified atom stereocenters. The third kappa shape index (κ3) is 2.70. The van der Waals surface area contributed by atoms with Gasteiger partial charge in [-0.15, -0.1) is 11.3 Å². The number of likely N-dealkylation sites (tertiary alicyclic amines) is 1. The van der Waals surface area contributed by atoms with Crippen LogP contribution in [0.2, 0.25) is 0 Å². The van der Waals surface area contributed by atoms with E-state index in [1.54, 1.807) is 11.3 Å². The van der Waals surface area contributed by atoms with E-state index in [4.69, 9.17) is 5.11 Å². The van der Waals surface area contributed by atoms with Crippen molar-refractivity contribution in [3.8, 4) is 0 Å². The van der Waals surface area contributed by atoms with Crippen molar-refractivity contribution in [2.24, 2.45) is 5.92 Å². The number of aliphatic hydroxyl groups is 1. The number of Topliss-reactive ketones (excluding diaryl/α,β-unsaturated/α-hetero) is 1. The molecule has 0 amide bonds. The van der Waals surface area contributed by atoms with E-state index in [2.05, 4.69) is 4.90 Å². The summed E-state index contributed by atoms with van der Waals surface area (Å²) in [5.74, 6) is 0.564. The molecule has 1 aromatic heterocycles. The van der Waals surface area contributed by atoms with Crippen molar-refractivity contribution in [2.45, 2.75) is 13.3 Å². The molecule has 0 saturated carbocycles. The van der Waals surface area contributed by atoms with Crippen LogP contribution in [0.1, 0.15) is 21.0 Å². The minimum atomic E-state index is 0.205. The molecule has 88 valence electrons. The van der Waals surface area contributed by atoms with Crippen LogP contribution in [0.4, 0.5) is 0 Å². The average Bonchev–Trinajstić information content (AvgIpc) is 2.87. The lowest BCUT2D eigenvalue weighted by atomic mass is 10.1. The molecule has 2 rings (SSSR count). The van der Waals surface area contributed by atoms with Gasteiger partial charge < -0.3 is 5.11 Å². The van der Waals surface area contributed by atoms with Gasteiger partial charge in [0.1, 0.15) is 0 Å². The molecule has 1 aliphatic heterocycles. The Morgan fingerprint density at radius 2 is 2.44 bits per heavy atom. The van der Waals surface area contributed by atoms with Crippen LogP contribution < -0.4 is 0 Å². The third-order valence-corrected chi connectivity index (χ3v) is 4.05. The molecule has 1 saturated heterocycles. The van der Waals surface area contributed by atoms with Crippen molar-refractivity contribution in [2.75, 3.05) is 26.2 Å². The first-order valence-electron chi connectivity index (χ1n) is 5.62. The first kappa shape index (κ1) is 11.8. The molecule has 1 aliphatic rings. The van der Waals surface area contributed by atoms with Crippen LogP contribution in [-0.4, -0.2) is 42.0 Å². The Morgan fingerprint density at radius 1 is 1.62 bits per heavy atom. The van der Waals surface area contributed by atoms with Crippen LogP contribution in [0, 0.1) is 12.8 Å². The monoisotopic (exact) mass is 239 g/mol. The lowest BCUT2D eigenvalue weighted by molar-refractivity contribution is 0.0944. The van der Waals surface area contributed by atoms with Gasteiger partial charge >= 0.3 is 0 Å². The van der Waals surface area contributed by atoms with E-state index in [1.807, 2.05) is 19.1 Å². The number of carbonyl (C=O) groups is 1. The maximum absolute atomic E-state index is 11.9. The van der Waals surface area contributed by atoms with Crippen molar-refractivity contribution in [3.63, 3.8) is 0 Å². The van der Waals surface area contributed by atoms with Gasteiger partial charge in [-0.1, -0.05) is 0 Å². The van der Waals surface area contributed by atoms with E-state index in [0.29, 0.717) is 12.5 Å². The Labute approximate surface area is 99.7 Å². The quantitative estimate of drug-likeness (QED) is 0.811. The van der Waals surface area contributed by atoms with E-state index in [-0.39, 0.29) is 12.4 Å². The summed E-state index contributed by atoms with van der Waals surface area (Å²) in [7, 11) is 0. The highest BCUT2D eigenvalue weighted by molar-refractivity contribution is 7.14. The van der Waals surface area contributed by atoms with E-state index in [1.165, 1.54) is 4.88 Å². The van der Waals surface area contributed by atoms with Crippen molar-refractivity contribution < 1.29 is 9.90 Å². The molecule has 1 aromatic rings. The number of ketones is 1. The number of hydrogen-bond acceptors (Lipinski definition) is 4. The molecule has 4 heteroatoms. The van der Waals surface area contributed by atoms with Gasteiger partial charge in [-0.2, -0.15) is 0 Å². The molecule has 16 heavy (non-hydrogen) atoms. The number of rotatable bonds is 4. The maximum Gasteiger partial charge on any atom is 0.186 e. The van der Waals surface area contributed by atoms with Crippen LogP contribution in [0.25, 0.3) is 0 Å². The van der Waals surface area contributed by atoms with Crippen molar-refractivity contribution in [3.05, 3.63) is 21.9 Å². The lowest BCUT2D eigenvalue weighted by Crippen LogP contribution is -2.27. The van der Waals surface area contributed by atoms with Gasteiger partial charge in [0.15, 0.2) is 5.78 Å². The molecule has 0 aromatic carbocycles. The van der Waals surface area contributed by atoms with Gasteiger partial charge in [-0.3, -0.25) is 9.69 Å². The molecule has 1 atom stereocenters. The molecule has 1 N–H and O–H groups in total. The van der Waals surface area contributed by atoms with Gasteiger partial charge in [0.05, 0.1) is 11.4 Å². The van der Waals surface area contributed by atoms with Crippen molar-refractivity contribution in [1.29, 1.82) is 0 Å². The summed E-state index contributed by atoms with van der Waals surface area (Å²) in [5, 5.41) is 9.03.